The minimum Gasteiger partial charge on any atom is -0.299 e. The maximum atomic E-state index is 12.0. The van der Waals surface area contributed by atoms with Crippen molar-refractivity contribution in [3.05, 3.63) is 12.2 Å². The molecule has 1 saturated carbocycles. The Morgan fingerprint density at radius 2 is 1.92 bits per heavy atom. The lowest BCUT2D eigenvalue weighted by Crippen LogP contribution is -2.30. The van der Waals surface area contributed by atoms with Gasteiger partial charge in [-0.05, 0) is 24.7 Å². The van der Waals surface area contributed by atoms with Gasteiger partial charge in [0.25, 0.3) is 0 Å². The zero-order valence-corrected chi connectivity index (χ0v) is 8.71. The van der Waals surface area contributed by atoms with Crippen LogP contribution in [0.25, 0.3) is 0 Å². The Morgan fingerprint density at radius 1 is 1.23 bits per heavy atom. The molecule has 0 aromatic carbocycles. The van der Waals surface area contributed by atoms with Gasteiger partial charge in [0.1, 0.15) is 5.78 Å². The second kappa shape index (κ2) is 2.70. The van der Waals surface area contributed by atoms with Crippen molar-refractivity contribution in [3.63, 3.8) is 0 Å². The van der Waals surface area contributed by atoms with E-state index >= 15 is 0 Å². The molecule has 0 unspecified atom stereocenters. The highest BCUT2D eigenvalue weighted by atomic mass is 16.1. The predicted octanol–water partition coefficient (Wildman–Crippen LogP) is 2.81. The van der Waals surface area contributed by atoms with Gasteiger partial charge in [0.15, 0.2) is 0 Å². The van der Waals surface area contributed by atoms with E-state index in [1.54, 1.807) is 0 Å². The summed E-state index contributed by atoms with van der Waals surface area (Å²) in [6.07, 6.45) is 6.88. The van der Waals surface area contributed by atoms with E-state index in [-0.39, 0.29) is 5.41 Å². The molecule has 0 heterocycles. The Labute approximate surface area is 80.2 Å². The number of allylic oxidation sites excluding steroid dienone is 2. The van der Waals surface area contributed by atoms with Crippen molar-refractivity contribution in [1.29, 1.82) is 0 Å². The molecule has 1 nitrogen and oxygen atoms in total. The van der Waals surface area contributed by atoms with E-state index in [9.17, 15) is 4.79 Å². The third-order valence-electron chi connectivity index (χ3n) is 3.35. The Kier molecular flexibility index (Phi) is 1.86. The molecule has 2 aliphatic rings. The van der Waals surface area contributed by atoms with Crippen LogP contribution in [0, 0.1) is 23.2 Å². The van der Waals surface area contributed by atoms with E-state index in [1.165, 1.54) is 6.42 Å². The van der Waals surface area contributed by atoms with Gasteiger partial charge in [-0.2, -0.15) is 0 Å². The molecular formula is C12H18O. The Bertz CT molecular complexity index is 257. The quantitative estimate of drug-likeness (QED) is 0.564. The lowest BCUT2D eigenvalue weighted by atomic mass is 9.77. The first kappa shape index (κ1) is 8.98. The zero-order chi connectivity index (χ0) is 9.64. The average molecular weight is 178 g/mol. The number of hydrogen-bond acceptors (Lipinski definition) is 1. The zero-order valence-electron chi connectivity index (χ0n) is 8.71. The summed E-state index contributed by atoms with van der Waals surface area (Å²) in [5.41, 5.74) is -0.150. The topological polar surface area (TPSA) is 17.1 Å². The molecule has 2 bridgehead atoms. The van der Waals surface area contributed by atoms with Crippen LogP contribution in [-0.4, -0.2) is 5.78 Å². The van der Waals surface area contributed by atoms with Gasteiger partial charge in [-0.3, -0.25) is 4.79 Å². The van der Waals surface area contributed by atoms with E-state index in [2.05, 4.69) is 12.2 Å². The second-order valence-corrected chi connectivity index (χ2v) is 5.50. The number of hydrogen-bond donors (Lipinski definition) is 0. The molecule has 0 radical (unpaired) electrons. The summed E-state index contributed by atoms with van der Waals surface area (Å²) >= 11 is 0. The third-order valence-corrected chi connectivity index (χ3v) is 3.35. The van der Waals surface area contributed by atoms with Gasteiger partial charge in [0.2, 0.25) is 0 Å². The summed E-state index contributed by atoms with van der Waals surface area (Å²) in [5.74, 6) is 2.07. The van der Waals surface area contributed by atoms with Crippen LogP contribution in [-0.2, 0) is 4.79 Å². The fraction of sp³-hybridized carbons (Fsp3) is 0.750. The summed E-state index contributed by atoms with van der Waals surface area (Å²) in [5, 5.41) is 0. The molecule has 0 aromatic heterocycles. The van der Waals surface area contributed by atoms with Crippen molar-refractivity contribution in [1.82, 2.24) is 0 Å². The highest BCUT2D eigenvalue weighted by Gasteiger charge is 2.42. The molecule has 3 atom stereocenters. The van der Waals surface area contributed by atoms with Crippen molar-refractivity contribution in [2.45, 2.75) is 33.6 Å². The van der Waals surface area contributed by atoms with E-state index in [1.807, 2.05) is 20.8 Å². The molecule has 2 aliphatic carbocycles. The highest BCUT2D eigenvalue weighted by Crippen LogP contribution is 2.45. The van der Waals surface area contributed by atoms with Crippen molar-refractivity contribution >= 4 is 5.78 Å². The van der Waals surface area contributed by atoms with Gasteiger partial charge in [-0.1, -0.05) is 32.9 Å². The molecule has 13 heavy (non-hydrogen) atoms. The number of rotatable bonds is 1. The first-order chi connectivity index (χ1) is 5.98. The van der Waals surface area contributed by atoms with Crippen molar-refractivity contribution in [2.75, 3.05) is 0 Å². The molecule has 1 heteroatoms. The van der Waals surface area contributed by atoms with Crippen LogP contribution in [0.5, 0.6) is 0 Å². The van der Waals surface area contributed by atoms with Crippen LogP contribution in [0.3, 0.4) is 0 Å². The van der Waals surface area contributed by atoms with E-state index in [0.29, 0.717) is 23.5 Å². The molecule has 1 fully saturated rings. The molecule has 72 valence electrons. The van der Waals surface area contributed by atoms with Crippen molar-refractivity contribution < 1.29 is 4.79 Å². The molecule has 0 N–H and O–H groups in total. The number of carbonyl (C=O) groups is 1. The summed E-state index contributed by atoms with van der Waals surface area (Å²) in [6.45, 7) is 6.10. The average Bonchev–Trinajstić information content (AvgIpc) is 2.60. The van der Waals surface area contributed by atoms with E-state index < -0.39 is 0 Å². The predicted molar refractivity (Wildman–Crippen MR) is 53.3 cm³/mol. The monoisotopic (exact) mass is 178 g/mol. The third kappa shape index (κ3) is 1.45. The van der Waals surface area contributed by atoms with Crippen LogP contribution in [0.1, 0.15) is 33.6 Å². The fourth-order valence-corrected chi connectivity index (χ4v) is 2.64. The Morgan fingerprint density at radius 3 is 2.31 bits per heavy atom. The molecule has 0 saturated heterocycles. The molecular weight excluding hydrogens is 160 g/mol. The Balaban J connectivity index is 2.12. The second-order valence-electron chi connectivity index (χ2n) is 5.50. The van der Waals surface area contributed by atoms with Gasteiger partial charge in [-0.25, -0.2) is 0 Å². The van der Waals surface area contributed by atoms with Crippen LogP contribution >= 0.6 is 0 Å². The fourth-order valence-electron chi connectivity index (χ4n) is 2.64. The minimum atomic E-state index is -0.150. The maximum Gasteiger partial charge on any atom is 0.141 e. The SMILES string of the molecule is CC(C)(C)C(=O)[C@H]1C[C@H]2C=C[C@@H]1C2. The van der Waals surface area contributed by atoms with Crippen molar-refractivity contribution in [3.8, 4) is 0 Å². The van der Waals surface area contributed by atoms with Crippen LogP contribution in [0.15, 0.2) is 12.2 Å². The van der Waals surface area contributed by atoms with Gasteiger partial charge in [-0.15, -0.1) is 0 Å². The lowest BCUT2D eigenvalue weighted by Gasteiger charge is -2.25. The summed E-state index contributed by atoms with van der Waals surface area (Å²) in [4.78, 5) is 12.0. The molecule has 0 aromatic rings. The first-order valence-electron chi connectivity index (χ1n) is 5.21. The molecule has 0 amide bonds. The van der Waals surface area contributed by atoms with Crippen LogP contribution in [0.4, 0.5) is 0 Å². The van der Waals surface area contributed by atoms with Crippen LogP contribution < -0.4 is 0 Å². The maximum absolute atomic E-state index is 12.0. The first-order valence-corrected chi connectivity index (χ1v) is 5.21. The largest absolute Gasteiger partial charge is 0.299 e. The standard InChI is InChI=1S/C12H18O/c1-12(2,3)11(13)10-7-8-4-5-9(10)6-8/h4-5,8-10H,6-7H2,1-3H3/t8-,9+,10-/m0/s1. The highest BCUT2D eigenvalue weighted by molar-refractivity contribution is 5.87. The molecule has 0 spiro atoms. The van der Waals surface area contributed by atoms with Crippen molar-refractivity contribution in [2.24, 2.45) is 23.2 Å². The normalized spacial score (nSPS) is 37.0. The van der Waals surface area contributed by atoms with Gasteiger partial charge in [0.05, 0.1) is 0 Å². The van der Waals surface area contributed by atoms with E-state index in [4.69, 9.17) is 0 Å². The summed E-state index contributed by atoms with van der Waals surface area (Å²) < 4.78 is 0. The summed E-state index contributed by atoms with van der Waals surface area (Å²) in [7, 11) is 0. The number of fused-ring (bicyclic) bond motifs is 2. The van der Waals surface area contributed by atoms with Gasteiger partial charge >= 0.3 is 0 Å². The van der Waals surface area contributed by atoms with Gasteiger partial charge < -0.3 is 0 Å². The smallest absolute Gasteiger partial charge is 0.141 e. The molecule has 2 rings (SSSR count). The Hall–Kier alpha value is -0.590. The van der Waals surface area contributed by atoms with Crippen LogP contribution in [0.2, 0.25) is 0 Å². The summed E-state index contributed by atoms with van der Waals surface area (Å²) in [6, 6.07) is 0. The minimum absolute atomic E-state index is 0.150. The number of carbonyl (C=O) groups excluding carboxylic acids is 1. The number of Topliss-reactive ketones (excluding diaryl/α,β-unsaturated/α-hetero) is 1. The molecule has 0 aliphatic heterocycles. The van der Waals surface area contributed by atoms with E-state index in [0.717, 1.165) is 6.42 Å². The number of ketones is 1. The lowest BCUT2D eigenvalue weighted by molar-refractivity contribution is -0.131. The van der Waals surface area contributed by atoms with Gasteiger partial charge in [0, 0.05) is 11.3 Å².